The Bertz CT molecular complexity index is 357. The van der Waals surface area contributed by atoms with E-state index in [1.807, 2.05) is 38.1 Å². The van der Waals surface area contributed by atoms with Crippen LogP contribution in [0.3, 0.4) is 0 Å². The van der Waals surface area contributed by atoms with Gasteiger partial charge in [-0.3, -0.25) is 0 Å². The molecule has 0 spiro atoms. The van der Waals surface area contributed by atoms with Crippen molar-refractivity contribution >= 4 is 0 Å². The number of unbranched alkanes of at least 4 members (excludes halogenated alkanes) is 1. The minimum Gasteiger partial charge on any atom is -0.491 e. The molecule has 0 radical (unpaired) electrons. The summed E-state index contributed by atoms with van der Waals surface area (Å²) in [7, 11) is 0. The molecule has 0 aliphatic rings. The van der Waals surface area contributed by atoms with E-state index >= 15 is 0 Å². The van der Waals surface area contributed by atoms with Gasteiger partial charge in [0.2, 0.25) is 0 Å². The molecule has 1 rings (SSSR count). The lowest BCUT2D eigenvalue weighted by molar-refractivity contribution is 0.242. The van der Waals surface area contributed by atoms with Crippen LogP contribution in [-0.4, -0.2) is 12.6 Å². The molecule has 0 aliphatic heterocycles. The van der Waals surface area contributed by atoms with Gasteiger partial charge in [0.1, 0.15) is 5.75 Å². The van der Waals surface area contributed by atoms with Gasteiger partial charge in [0, 0.05) is 12.0 Å². The number of hydrogen-bond donors (Lipinski definition) is 1. The average Bonchev–Trinajstić information content (AvgIpc) is 2.26. The summed E-state index contributed by atoms with van der Waals surface area (Å²) >= 11 is 0. The number of hydrogen-bond acceptors (Lipinski definition) is 2. The summed E-state index contributed by atoms with van der Waals surface area (Å²) in [5.41, 5.74) is 6.41. The number of rotatable bonds is 4. The zero-order valence-corrected chi connectivity index (χ0v) is 9.99. The maximum Gasteiger partial charge on any atom is 0.119 e. The first-order chi connectivity index (χ1) is 7.72. The van der Waals surface area contributed by atoms with Gasteiger partial charge in [-0.25, -0.2) is 0 Å². The lowest BCUT2D eigenvalue weighted by Crippen LogP contribution is -2.05. The highest BCUT2D eigenvalue weighted by Gasteiger charge is 1.96. The van der Waals surface area contributed by atoms with Gasteiger partial charge in [-0.2, -0.15) is 0 Å². The van der Waals surface area contributed by atoms with Crippen LogP contribution in [0.5, 0.6) is 5.75 Å². The van der Waals surface area contributed by atoms with E-state index in [9.17, 15) is 0 Å². The lowest BCUT2D eigenvalue weighted by Gasteiger charge is -2.08. The quantitative estimate of drug-likeness (QED) is 0.621. The van der Waals surface area contributed by atoms with E-state index in [2.05, 4.69) is 11.8 Å². The van der Waals surface area contributed by atoms with Gasteiger partial charge in [-0.15, -0.1) is 0 Å². The highest BCUT2D eigenvalue weighted by atomic mass is 16.5. The molecule has 0 saturated carbocycles. The van der Waals surface area contributed by atoms with Crippen LogP contribution in [0.25, 0.3) is 0 Å². The van der Waals surface area contributed by atoms with Crippen molar-refractivity contribution in [3.05, 3.63) is 29.8 Å². The minimum absolute atomic E-state index is 0.210. The molecule has 16 heavy (non-hydrogen) atoms. The summed E-state index contributed by atoms with van der Waals surface area (Å²) in [5, 5.41) is 0. The standard InChI is InChI=1S/C14H19NO/c1-12(2)16-14-9-7-13(8-10-14)6-4-3-5-11-15/h7-10,12H,3,5,11,15H2,1-2H3. The molecule has 2 nitrogen and oxygen atoms in total. The molecule has 86 valence electrons. The van der Waals surface area contributed by atoms with Gasteiger partial charge in [0.15, 0.2) is 0 Å². The molecule has 2 heteroatoms. The van der Waals surface area contributed by atoms with Crippen LogP contribution in [0.2, 0.25) is 0 Å². The van der Waals surface area contributed by atoms with Crippen LogP contribution in [-0.2, 0) is 0 Å². The van der Waals surface area contributed by atoms with Crippen molar-refractivity contribution in [3.8, 4) is 17.6 Å². The van der Waals surface area contributed by atoms with Crippen LogP contribution >= 0.6 is 0 Å². The van der Waals surface area contributed by atoms with Crippen molar-refractivity contribution in [2.75, 3.05) is 6.54 Å². The van der Waals surface area contributed by atoms with Gasteiger partial charge in [0.25, 0.3) is 0 Å². The highest BCUT2D eigenvalue weighted by Crippen LogP contribution is 2.13. The predicted molar refractivity (Wildman–Crippen MR) is 67.4 cm³/mol. The summed E-state index contributed by atoms with van der Waals surface area (Å²) < 4.78 is 5.55. The second-order valence-corrected chi connectivity index (χ2v) is 3.88. The molecule has 0 bridgehead atoms. The predicted octanol–water partition coefficient (Wildman–Crippen LogP) is 2.56. The average molecular weight is 217 g/mol. The molecule has 1 aromatic carbocycles. The molecule has 0 unspecified atom stereocenters. The van der Waals surface area contributed by atoms with E-state index in [1.165, 1.54) is 0 Å². The van der Waals surface area contributed by atoms with E-state index in [-0.39, 0.29) is 6.10 Å². The molecule has 0 atom stereocenters. The van der Waals surface area contributed by atoms with Crippen molar-refractivity contribution < 1.29 is 4.74 Å². The first-order valence-corrected chi connectivity index (χ1v) is 5.68. The molecule has 0 heterocycles. The summed E-state index contributed by atoms with van der Waals surface area (Å²) in [6, 6.07) is 7.86. The van der Waals surface area contributed by atoms with Crippen molar-refractivity contribution in [1.29, 1.82) is 0 Å². The zero-order valence-electron chi connectivity index (χ0n) is 9.99. The summed E-state index contributed by atoms with van der Waals surface area (Å²) in [5.74, 6) is 7.08. The van der Waals surface area contributed by atoms with Crippen molar-refractivity contribution in [2.45, 2.75) is 32.8 Å². The zero-order chi connectivity index (χ0) is 11.8. The molecule has 2 N–H and O–H groups in total. The van der Waals surface area contributed by atoms with E-state index < -0.39 is 0 Å². The van der Waals surface area contributed by atoms with Crippen molar-refractivity contribution in [3.63, 3.8) is 0 Å². The Balaban J connectivity index is 2.53. The third kappa shape index (κ3) is 4.86. The molecule has 0 saturated heterocycles. The Morgan fingerprint density at radius 3 is 2.50 bits per heavy atom. The Morgan fingerprint density at radius 2 is 1.94 bits per heavy atom. The summed E-state index contributed by atoms with van der Waals surface area (Å²) in [6.45, 7) is 4.73. The minimum atomic E-state index is 0.210. The van der Waals surface area contributed by atoms with E-state index in [4.69, 9.17) is 10.5 Å². The molecule has 0 amide bonds. The van der Waals surface area contributed by atoms with Crippen molar-refractivity contribution in [1.82, 2.24) is 0 Å². The first-order valence-electron chi connectivity index (χ1n) is 5.68. The van der Waals surface area contributed by atoms with E-state index in [0.717, 1.165) is 24.2 Å². The van der Waals surface area contributed by atoms with E-state index in [1.54, 1.807) is 0 Å². The molecule has 0 fully saturated rings. The van der Waals surface area contributed by atoms with Crippen LogP contribution < -0.4 is 10.5 Å². The fourth-order valence-corrected chi connectivity index (χ4v) is 1.24. The maximum atomic E-state index is 5.55. The highest BCUT2D eigenvalue weighted by molar-refractivity contribution is 5.38. The second-order valence-electron chi connectivity index (χ2n) is 3.88. The third-order valence-corrected chi connectivity index (χ3v) is 1.96. The number of ether oxygens (including phenoxy) is 1. The lowest BCUT2D eigenvalue weighted by atomic mass is 10.2. The molecular formula is C14H19NO. The normalized spacial score (nSPS) is 9.75. The summed E-state index contributed by atoms with van der Waals surface area (Å²) in [4.78, 5) is 0. The van der Waals surface area contributed by atoms with Gasteiger partial charge < -0.3 is 10.5 Å². The van der Waals surface area contributed by atoms with Gasteiger partial charge in [-0.1, -0.05) is 11.8 Å². The maximum absolute atomic E-state index is 5.55. The second kappa shape index (κ2) is 6.92. The van der Waals surface area contributed by atoms with Gasteiger partial charge in [0.05, 0.1) is 6.10 Å². The molecule has 1 aromatic rings. The fourth-order valence-electron chi connectivity index (χ4n) is 1.24. The third-order valence-electron chi connectivity index (χ3n) is 1.96. The Labute approximate surface area is 97.8 Å². The largest absolute Gasteiger partial charge is 0.491 e. The SMILES string of the molecule is CC(C)Oc1ccc(C#CCCCN)cc1. The monoisotopic (exact) mass is 217 g/mol. The smallest absolute Gasteiger partial charge is 0.119 e. The Hall–Kier alpha value is -1.46. The van der Waals surface area contributed by atoms with Crippen LogP contribution in [0, 0.1) is 11.8 Å². The van der Waals surface area contributed by atoms with Gasteiger partial charge in [-0.05, 0) is 51.1 Å². The van der Waals surface area contributed by atoms with Gasteiger partial charge >= 0.3 is 0 Å². The number of nitrogens with two attached hydrogens (primary N) is 1. The fraction of sp³-hybridized carbons (Fsp3) is 0.429. The van der Waals surface area contributed by atoms with E-state index in [0.29, 0.717) is 6.54 Å². The Morgan fingerprint density at radius 1 is 1.25 bits per heavy atom. The number of benzene rings is 1. The van der Waals surface area contributed by atoms with Crippen LogP contribution in [0.4, 0.5) is 0 Å². The molecule has 0 aliphatic carbocycles. The Kier molecular flexibility index (Phi) is 5.45. The van der Waals surface area contributed by atoms with Crippen LogP contribution in [0.15, 0.2) is 24.3 Å². The first kappa shape index (κ1) is 12.6. The molecular weight excluding hydrogens is 198 g/mol. The van der Waals surface area contributed by atoms with Crippen molar-refractivity contribution in [2.24, 2.45) is 5.73 Å². The molecule has 0 aromatic heterocycles. The topological polar surface area (TPSA) is 35.2 Å². The summed E-state index contributed by atoms with van der Waals surface area (Å²) in [6.07, 6.45) is 2.03. The van der Waals surface area contributed by atoms with Crippen LogP contribution in [0.1, 0.15) is 32.3 Å².